The molecule has 1 nitrogen and oxygen atoms in total. The van der Waals surface area contributed by atoms with Crippen molar-refractivity contribution in [3.63, 3.8) is 0 Å². The first kappa shape index (κ1) is 11.9. The Bertz CT molecular complexity index is 343. The summed E-state index contributed by atoms with van der Waals surface area (Å²) in [7, 11) is 0. The number of hydrogen-bond donors (Lipinski definition) is 0. The van der Waals surface area contributed by atoms with E-state index in [0.717, 1.165) is 0 Å². The molecule has 0 unspecified atom stereocenters. The third-order valence-electron chi connectivity index (χ3n) is 1.66. The smallest absolute Gasteiger partial charge is 0.406 e. The van der Waals surface area contributed by atoms with E-state index in [9.17, 15) is 13.2 Å². The maximum absolute atomic E-state index is 11.8. The molecular weight excluding hydrogens is 229 g/mol. The number of alkyl halides is 4. The summed E-state index contributed by atoms with van der Waals surface area (Å²) in [6.45, 7) is 3.65. The highest BCUT2D eigenvalue weighted by atomic mass is 35.5. The van der Waals surface area contributed by atoms with Crippen LogP contribution in [0.1, 0.15) is 5.56 Å². The van der Waals surface area contributed by atoms with E-state index >= 15 is 0 Å². The van der Waals surface area contributed by atoms with E-state index in [1.165, 1.54) is 24.3 Å². The Morgan fingerprint density at radius 3 is 2.20 bits per heavy atom. The van der Waals surface area contributed by atoms with Gasteiger partial charge in [-0.15, -0.1) is 24.8 Å². The second kappa shape index (κ2) is 4.57. The van der Waals surface area contributed by atoms with Crippen molar-refractivity contribution in [2.75, 3.05) is 5.88 Å². The summed E-state index contributed by atoms with van der Waals surface area (Å²) >= 11 is 5.52. The first-order valence-corrected chi connectivity index (χ1v) is 4.56. The highest BCUT2D eigenvalue weighted by Crippen LogP contribution is 2.24. The molecule has 5 heteroatoms. The van der Waals surface area contributed by atoms with Gasteiger partial charge in [0.2, 0.25) is 0 Å². The normalized spacial score (nSPS) is 11.2. The molecule has 0 atom stereocenters. The lowest BCUT2D eigenvalue weighted by Gasteiger charge is -2.09. The summed E-state index contributed by atoms with van der Waals surface area (Å²) < 4.78 is 39.1. The minimum Gasteiger partial charge on any atom is -0.406 e. The van der Waals surface area contributed by atoms with E-state index in [1.54, 1.807) is 0 Å². The lowest BCUT2D eigenvalue weighted by atomic mass is 10.1. The van der Waals surface area contributed by atoms with Crippen LogP contribution in [0.25, 0.3) is 5.57 Å². The minimum absolute atomic E-state index is 0.236. The second-order valence-corrected chi connectivity index (χ2v) is 3.08. The Morgan fingerprint density at radius 2 is 1.80 bits per heavy atom. The molecule has 0 saturated heterocycles. The van der Waals surface area contributed by atoms with E-state index in [2.05, 4.69) is 11.3 Å². The van der Waals surface area contributed by atoms with Crippen molar-refractivity contribution in [3.8, 4) is 5.75 Å². The molecule has 0 radical (unpaired) electrons. The molecule has 0 aliphatic carbocycles. The van der Waals surface area contributed by atoms with Gasteiger partial charge in [-0.1, -0.05) is 18.7 Å². The molecule has 0 aromatic heterocycles. The average Bonchev–Trinajstić information content (AvgIpc) is 2.15. The number of allylic oxidation sites excluding steroid dienone is 1. The van der Waals surface area contributed by atoms with E-state index < -0.39 is 6.36 Å². The molecule has 0 saturated carbocycles. The van der Waals surface area contributed by atoms with Gasteiger partial charge in [0.25, 0.3) is 0 Å². The fraction of sp³-hybridized carbons (Fsp3) is 0.200. The van der Waals surface area contributed by atoms with Crippen molar-refractivity contribution in [3.05, 3.63) is 36.4 Å². The Kier molecular flexibility index (Phi) is 3.63. The monoisotopic (exact) mass is 236 g/mol. The molecule has 0 heterocycles. The number of hydrogen-bond acceptors (Lipinski definition) is 1. The maximum atomic E-state index is 11.8. The lowest BCUT2D eigenvalue weighted by molar-refractivity contribution is -0.274. The Morgan fingerprint density at radius 1 is 1.27 bits per heavy atom. The molecule has 1 aromatic rings. The standard InChI is InChI=1S/C10H8ClF3O/c1-7(6-11)8-2-4-9(5-3-8)15-10(12,13)14/h2-5H,1,6H2. The largest absolute Gasteiger partial charge is 0.573 e. The van der Waals surface area contributed by atoms with Crippen LogP contribution in [0, 0.1) is 0 Å². The maximum Gasteiger partial charge on any atom is 0.573 e. The molecule has 0 bridgehead atoms. The molecule has 0 spiro atoms. The Labute approximate surface area is 90.1 Å². The fourth-order valence-corrected chi connectivity index (χ4v) is 1.12. The summed E-state index contributed by atoms with van der Waals surface area (Å²) in [6, 6.07) is 5.40. The van der Waals surface area contributed by atoms with Crippen molar-refractivity contribution in [1.82, 2.24) is 0 Å². The van der Waals surface area contributed by atoms with Gasteiger partial charge < -0.3 is 4.74 Å². The van der Waals surface area contributed by atoms with E-state index in [0.29, 0.717) is 11.1 Å². The van der Waals surface area contributed by atoms with Crippen molar-refractivity contribution >= 4 is 17.2 Å². The predicted molar refractivity (Wildman–Crippen MR) is 52.9 cm³/mol. The molecule has 1 aromatic carbocycles. The van der Waals surface area contributed by atoms with Gasteiger partial charge in [-0.2, -0.15) is 0 Å². The third-order valence-corrected chi connectivity index (χ3v) is 1.98. The van der Waals surface area contributed by atoms with E-state index in [4.69, 9.17) is 11.6 Å². The van der Waals surface area contributed by atoms with Crippen LogP contribution in [0.4, 0.5) is 13.2 Å². The minimum atomic E-state index is -4.66. The zero-order valence-corrected chi connectivity index (χ0v) is 8.40. The van der Waals surface area contributed by atoms with Gasteiger partial charge in [-0.3, -0.25) is 0 Å². The number of halogens is 4. The first-order chi connectivity index (χ1) is 6.92. The lowest BCUT2D eigenvalue weighted by Crippen LogP contribution is -2.16. The van der Waals surface area contributed by atoms with Gasteiger partial charge >= 0.3 is 6.36 Å². The highest BCUT2D eigenvalue weighted by Gasteiger charge is 2.30. The van der Waals surface area contributed by atoms with Crippen molar-refractivity contribution in [2.45, 2.75) is 6.36 Å². The average molecular weight is 237 g/mol. The van der Waals surface area contributed by atoms with E-state index in [1.807, 2.05) is 0 Å². The highest BCUT2D eigenvalue weighted by molar-refractivity contribution is 6.23. The number of benzene rings is 1. The topological polar surface area (TPSA) is 9.23 Å². The molecule has 0 fully saturated rings. The first-order valence-electron chi connectivity index (χ1n) is 4.02. The number of ether oxygens (including phenoxy) is 1. The van der Waals surface area contributed by atoms with Crippen LogP contribution >= 0.6 is 11.6 Å². The third kappa shape index (κ3) is 3.83. The Hall–Kier alpha value is -1.16. The SMILES string of the molecule is C=C(CCl)c1ccc(OC(F)(F)F)cc1. The molecule has 1 rings (SSSR count). The Balaban J connectivity index is 2.77. The van der Waals surface area contributed by atoms with Crippen molar-refractivity contribution in [1.29, 1.82) is 0 Å². The van der Waals surface area contributed by atoms with Crippen LogP contribution in [-0.2, 0) is 0 Å². The molecule has 0 amide bonds. The van der Waals surface area contributed by atoms with Gasteiger partial charge in [-0.25, -0.2) is 0 Å². The van der Waals surface area contributed by atoms with Crippen LogP contribution in [0.2, 0.25) is 0 Å². The summed E-state index contributed by atoms with van der Waals surface area (Å²) in [4.78, 5) is 0. The second-order valence-electron chi connectivity index (χ2n) is 2.81. The van der Waals surface area contributed by atoms with Gasteiger partial charge in [0.05, 0.1) is 0 Å². The molecule has 82 valence electrons. The van der Waals surface area contributed by atoms with Crippen molar-refractivity contribution in [2.24, 2.45) is 0 Å². The molecule has 0 N–H and O–H groups in total. The van der Waals surface area contributed by atoms with Gasteiger partial charge in [-0.05, 0) is 23.3 Å². The van der Waals surface area contributed by atoms with Crippen LogP contribution in [0.5, 0.6) is 5.75 Å². The summed E-state index contributed by atoms with van der Waals surface area (Å²) in [5.41, 5.74) is 1.34. The molecule has 0 aliphatic heterocycles. The fourth-order valence-electron chi connectivity index (χ4n) is 0.969. The zero-order valence-electron chi connectivity index (χ0n) is 7.64. The van der Waals surface area contributed by atoms with Crippen LogP contribution in [0.15, 0.2) is 30.8 Å². The van der Waals surface area contributed by atoms with Gasteiger partial charge in [0.1, 0.15) is 5.75 Å². The summed E-state index contributed by atoms with van der Waals surface area (Å²) in [6.07, 6.45) is -4.66. The van der Waals surface area contributed by atoms with Gasteiger partial charge in [0, 0.05) is 5.88 Å². The van der Waals surface area contributed by atoms with E-state index in [-0.39, 0.29) is 11.6 Å². The summed E-state index contributed by atoms with van der Waals surface area (Å²) in [5, 5.41) is 0. The molecular formula is C10H8ClF3O. The number of rotatable bonds is 3. The molecule has 15 heavy (non-hydrogen) atoms. The molecule has 0 aliphatic rings. The summed E-state index contributed by atoms with van der Waals surface area (Å²) in [5.74, 6) is -0.0203. The van der Waals surface area contributed by atoms with Crippen molar-refractivity contribution < 1.29 is 17.9 Å². The predicted octanol–water partition coefficient (Wildman–Crippen LogP) is 3.84. The zero-order chi connectivity index (χ0) is 11.5. The van der Waals surface area contributed by atoms with Gasteiger partial charge in [0.15, 0.2) is 0 Å². The van der Waals surface area contributed by atoms with Crippen LogP contribution < -0.4 is 4.74 Å². The van der Waals surface area contributed by atoms with Crippen LogP contribution in [-0.4, -0.2) is 12.2 Å². The quantitative estimate of drug-likeness (QED) is 0.725. The van der Waals surface area contributed by atoms with Crippen LogP contribution in [0.3, 0.4) is 0 Å².